The maximum Gasteiger partial charge on any atom is 0.163 e. The molecule has 0 radical (unpaired) electrons. The van der Waals surface area contributed by atoms with E-state index in [1.165, 1.54) is 6.92 Å². The average Bonchev–Trinajstić information content (AvgIpc) is 2.03. The molecule has 0 aromatic heterocycles. The Labute approximate surface area is 77.8 Å². The molecule has 0 atom stereocenters. The largest absolute Gasteiger partial charge is 0.462 e. The van der Waals surface area contributed by atoms with Crippen LogP contribution in [0.2, 0.25) is 0 Å². The molecule has 1 rings (SSSR count). The van der Waals surface area contributed by atoms with Gasteiger partial charge >= 0.3 is 0 Å². The maximum atomic E-state index is 11.1. The van der Waals surface area contributed by atoms with Crippen molar-refractivity contribution in [3.05, 3.63) is 42.2 Å². The first-order valence-electron chi connectivity index (χ1n) is 4.04. The Hall–Kier alpha value is -1.57. The zero-order valence-corrected chi connectivity index (χ0v) is 7.83. The number of hydrogen-bond acceptors (Lipinski definition) is 2. The van der Waals surface area contributed by atoms with E-state index in [1.54, 1.807) is 19.1 Å². The minimum atomic E-state index is -0.00292. The van der Waals surface area contributed by atoms with Crippen molar-refractivity contribution in [2.24, 2.45) is 0 Å². The summed E-state index contributed by atoms with van der Waals surface area (Å²) in [4.78, 5) is 11.1. The third-order valence-electron chi connectivity index (χ3n) is 1.55. The molecule has 0 N–H and O–H groups in total. The van der Waals surface area contributed by atoms with E-state index in [-0.39, 0.29) is 5.78 Å². The van der Waals surface area contributed by atoms with Crippen molar-refractivity contribution in [2.75, 3.05) is 0 Å². The first-order chi connectivity index (χ1) is 6.11. The molecule has 0 aliphatic carbocycles. The third kappa shape index (κ3) is 2.44. The van der Waals surface area contributed by atoms with Gasteiger partial charge in [0.25, 0.3) is 0 Å². The van der Waals surface area contributed by atoms with Gasteiger partial charge in [0.15, 0.2) is 5.78 Å². The van der Waals surface area contributed by atoms with Crippen molar-refractivity contribution in [1.29, 1.82) is 0 Å². The second-order valence-corrected chi connectivity index (χ2v) is 2.86. The Morgan fingerprint density at radius 2 is 1.92 bits per heavy atom. The first kappa shape index (κ1) is 9.52. The van der Waals surface area contributed by atoms with Crippen molar-refractivity contribution in [2.45, 2.75) is 13.8 Å². The van der Waals surface area contributed by atoms with E-state index >= 15 is 0 Å². The summed E-state index contributed by atoms with van der Waals surface area (Å²) in [7, 11) is 0. The summed E-state index contributed by atoms with van der Waals surface area (Å²) in [5, 5.41) is 0. The van der Waals surface area contributed by atoms with Crippen LogP contribution >= 0.6 is 0 Å². The fraction of sp³-hybridized carbons (Fsp3) is 0.182. The Morgan fingerprint density at radius 1 is 1.31 bits per heavy atom. The lowest BCUT2D eigenvalue weighted by Crippen LogP contribution is -1.98. The Kier molecular flexibility index (Phi) is 2.85. The van der Waals surface area contributed by atoms with Gasteiger partial charge in [0, 0.05) is 0 Å². The number of benzene rings is 1. The molecule has 1 aromatic rings. The molecular weight excluding hydrogens is 164 g/mol. The smallest absolute Gasteiger partial charge is 0.163 e. The highest BCUT2D eigenvalue weighted by Crippen LogP contribution is 2.19. The Bertz CT molecular complexity index is 340. The fourth-order valence-electron chi connectivity index (χ4n) is 1.03. The highest BCUT2D eigenvalue weighted by Gasteiger charge is 2.06. The lowest BCUT2D eigenvalue weighted by Gasteiger charge is -2.07. The molecule has 0 aliphatic heterocycles. The van der Waals surface area contributed by atoms with Gasteiger partial charge < -0.3 is 4.74 Å². The molecule has 68 valence electrons. The SMILES string of the molecule is C=C(C)Oc1ccccc1C(C)=O. The van der Waals surface area contributed by atoms with Crippen LogP contribution < -0.4 is 4.74 Å². The van der Waals surface area contributed by atoms with Crippen molar-refractivity contribution in [1.82, 2.24) is 0 Å². The molecule has 0 unspecified atom stereocenters. The fourth-order valence-corrected chi connectivity index (χ4v) is 1.03. The quantitative estimate of drug-likeness (QED) is 0.523. The zero-order chi connectivity index (χ0) is 9.84. The van der Waals surface area contributed by atoms with Crippen LogP contribution in [0.5, 0.6) is 5.75 Å². The second-order valence-electron chi connectivity index (χ2n) is 2.86. The number of carbonyl (C=O) groups is 1. The van der Waals surface area contributed by atoms with Crippen molar-refractivity contribution in [3.8, 4) is 5.75 Å². The average molecular weight is 176 g/mol. The van der Waals surface area contributed by atoms with Crippen LogP contribution in [-0.2, 0) is 0 Å². The van der Waals surface area contributed by atoms with Gasteiger partial charge in [-0.3, -0.25) is 4.79 Å². The number of allylic oxidation sites excluding steroid dienone is 1. The summed E-state index contributed by atoms with van der Waals surface area (Å²) in [6, 6.07) is 7.12. The van der Waals surface area contributed by atoms with Crippen LogP contribution in [0.4, 0.5) is 0 Å². The summed E-state index contributed by atoms with van der Waals surface area (Å²) in [6.07, 6.45) is 0. The van der Waals surface area contributed by atoms with Gasteiger partial charge in [-0.15, -0.1) is 0 Å². The van der Waals surface area contributed by atoms with Gasteiger partial charge in [0.2, 0.25) is 0 Å². The molecule has 0 fully saturated rings. The molecule has 0 heterocycles. The number of Topliss-reactive ketones (excluding diaryl/α,β-unsaturated/α-hetero) is 1. The number of ether oxygens (including phenoxy) is 1. The van der Waals surface area contributed by atoms with E-state index < -0.39 is 0 Å². The topological polar surface area (TPSA) is 26.3 Å². The van der Waals surface area contributed by atoms with Crippen LogP contribution in [0.3, 0.4) is 0 Å². The van der Waals surface area contributed by atoms with Gasteiger partial charge in [-0.25, -0.2) is 0 Å². The summed E-state index contributed by atoms with van der Waals surface area (Å²) in [5.74, 6) is 1.15. The molecule has 0 spiro atoms. The Balaban J connectivity index is 3.04. The molecule has 0 aliphatic rings. The van der Waals surface area contributed by atoms with Crippen LogP contribution in [0.15, 0.2) is 36.6 Å². The van der Waals surface area contributed by atoms with E-state index in [0.29, 0.717) is 17.1 Å². The van der Waals surface area contributed by atoms with E-state index in [1.807, 2.05) is 12.1 Å². The summed E-state index contributed by atoms with van der Waals surface area (Å²) < 4.78 is 5.29. The van der Waals surface area contributed by atoms with E-state index in [2.05, 4.69) is 6.58 Å². The molecule has 0 saturated heterocycles. The molecule has 2 heteroatoms. The van der Waals surface area contributed by atoms with Crippen LogP contribution in [-0.4, -0.2) is 5.78 Å². The number of carbonyl (C=O) groups excluding carboxylic acids is 1. The van der Waals surface area contributed by atoms with Gasteiger partial charge in [0.05, 0.1) is 11.3 Å². The number of ketones is 1. The normalized spacial score (nSPS) is 9.38. The second kappa shape index (κ2) is 3.90. The number of para-hydroxylation sites is 1. The van der Waals surface area contributed by atoms with Gasteiger partial charge in [-0.2, -0.15) is 0 Å². The van der Waals surface area contributed by atoms with Gasteiger partial charge in [-0.05, 0) is 26.0 Å². The van der Waals surface area contributed by atoms with Crippen LogP contribution in [0.1, 0.15) is 24.2 Å². The lowest BCUT2D eigenvalue weighted by molar-refractivity contribution is 0.101. The van der Waals surface area contributed by atoms with Crippen LogP contribution in [0.25, 0.3) is 0 Å². The molecule has 0 bridgehead atoms. The predicted molar refractivity (Wildman–Crippen MR) is 51.9 cm³/mol. The zero-order valence-electron chi connectivity index (χ0n) is 7.83. The molecule has 2 nitrogen and oxygen atoms in total. The van der Waals surface area contributed by atoms with Crippen molar-refractivity contribution < 1.29 is 9.53 Å². The highest BCUT2D eigenvalue weighted by molar-refractivity contribution is 5.96. The van der Waals surface area contributed by atoms with Crippen LogP contribution in [0, 0.1) is 0 Å². The minimum Gasteiger partial charge on any atom is -0.462 e. The van der Waals surface area contributed by atoms with E-state index in [9.17, 15) is 4.79 Å². The molecule has 1 aromatic carbocycles. The maximum absolute atomic E-state index is 11.1. The van der Waals surface area contributed by atoms with Gasteiger partial charge in [0.1, 0.15) is 5.75 Å². The third-order valence-corrected chi connectivity index (χ3v) is 1.55. The van der Waals surface area contributed by atoms with Crippen molar-refractivity contribution >= 4 is 5.78 Å². The van der Waals surface area contributed by atoms with Crippen molar-refractivity contribution in [3.63, 3.8) is 0 Å². The lowest BCUT2D eigenvalue weighted by atomic mass is 10.1. The molecule has 0 amide bonds. The number of rotatable bonds is 3. The molecule has 0 saturated carbocycles. The summed E-state index contributed by atoms with van der Waals surface area (Å²) in [6.45, 7) is 6.88. The first-order valence-corrected chi connectivity index (χ1v) is 4.04. The summed E-state index contributed by atoms with van der Waals surface area (Å²) >= 11 is 0. The molecule has 13 heavy (non-hydrogen) atoms. The predicted octanol–water partition coefficient (Wildman–Crippen LogP) is 2.80. The number of hydrogen-bond donors (Lipinski definition) is 0. The Morgan fingerprint density at radius 3 is 2.46 bits per heavy atom. The standard InChI is InChI=1S/C11H12O2/c1-8(2)13-11-7-5-4-6-10(11)9(3)12/h4-7H,1H2,2-3H3. The molecular formula is C11H12O2. The van der Waals surface area contributed by atoms with Gasteiger partial charge in [-0.1, -0.05) is 18.7 Å². The van der Waals surface area contributed by atoms with E-state index in [4.69, 9.17) is 4.74 Å². The highest BCUT2D eigenvalue weighted by atomic mass is 16.5. The summed E-state index contributed by atoms with van der Waals surface area (Å²) in [5.41, 5.74) is 0.588. The van der Waals surface area contributed by atoms with E-state index in [0.717, 1.165) is 0 Å². The monoisotopic (exact) mass is 176 g/mol. The minimum absolute atomic E-state index is 0.00292.